The predicted octanol–water partition coefficient (Wildman–Crippen LogP) is 7.02. The fraction of sp³-hybridized carbons (Fsp3) is 0.263. The van der Waals surface area contributed by atoms with Gasteiger partial charge in [-0.1, -0.05) is 36.4 Å². The molecule has 0 aliphatic heterocycles. The Bertz CT molecular complexity index is 1780. The van der Waals surface area contributed by atoms with Gasteiger partial charge in [0, 0.05) is 28.9 Å². The van der Waals surface area contributed by atoms with Gasteiger partial charge in [-0.25, -0.2) is 4.79 Å². The van der Waals surface area contributed by atoms with Crippen molar-refractivity contribution in [2.45, 2.75) is 32.7 Å². The molecule has 0 radical (unpaired) electrons. The fourth-order valence-electron chi connectivity index (χ4n) is 5.47. The summed E-state index contributed by atoms with van der Waals surface area (Å²) >= 11 is 0. The number of nitrogens with zero attached hydrogens (tertiary/aromatic N) is 1. The van der Waals surface area contributed by atoms with Crippen LogP contribution in [0.1, 0.15) is 52.2 Å². The number of esters is 1. The second-order valence-electron chi connectivity index (χ2n) is 11.0. The van der Waals surface area contributed by atoms with Crippen LogP contribution in [0.4, 0.5) is 0 Å². The molecule has 0 aliphatic carbocycles. The van der Waals surface area contributed by atoms with Crippen LogP contribution >= 0.6 is 0 Å². The summed E-state index contributed by atoms with van der Waals surface area (Å²) in [7, 11) is 3.28. The SMILES string of the molecule is CCOC(=O)c1ccn2c(C(=O)c3ccc(OCCCNC(C)Cc4ccc(OC)c(OC)c4)cc3)c(-c3ccccc3)cc2c1. The van der Waals surface area contributed by atoms with Crippen molar-refractivity contribution < 1.29 is 28.5 Å². The number of pyridine rings is 1. The first kappa shape index (κ1) is 32.3. The second kappa shape index (κ2) is 15.3. The Hall–Kier alpha value is -5.08. The Labute approximate surface area is 269 Å². The number of methoxy groups -OCH3 is 2. The number of carbonyl (C=O) groups is 2. The zero-order chi connectivity index (χ0) is 32.5. The van der Waals surface area contributed by atoms with E-state index in [1.54, 1.807) is 51.6 Å². The van der Waals surface area contributed by atoms with E-state index in [1.165, 1.54) is 5.56 Å². The van der Waals surface area contributed by atoms with E-state index in [9.17, 15) is 9.59 Å². The van der Waals surface area contributed by atoms with Crippen LogP contribution in [0.15, 0.2) is 97.2 Å². The number of nitrogens with one attached hydrogen (secondary N) is 1. The van der Waals surface area contributed by atoms with Crippen molar-refractivity contribution in [3.05, 3.63) is 120 Å². The number of carbonyl (C=O) groups excluding carboxylic acids is 2. The van der Waals surface area contributed by atoms with Gasteiger partial charge in [0.1, 0.15) is 11.4 Å². The molecule has 238 valence electrons. The van der Waals surface area contributed by atoms with Gasteiger partial charge in [-0.15, -0.1) is 0 Å². The Morgan fingerprint density at radius 3 is 2.33 bits per heavy atom. The fourth-order valence-corrected chi connectivity index (χ4v) is 5.47. The number of rotatable bonds is 15. The minimum Gasteiger partial charge on any atom is -0.494 e. The summed E-state index contributed by atoms with van der Waals surface area (Å²) < 4.78 is 23.7. The van der Waals surface area contributed by atoms with Crippen molar-refractivity contribution in [3.8, 4) is 28.4 Å². The summed E-state index contributed by atoms with van der Waals surface area (Å²) in [5.41, 5.74) is 5.13. The third kappa shape index (κ3) is 7.58. The van der Waals surface area contributed by atoms with E-state index in [2.05, 4.69) is 18.3 Å². The van der Waals surface area contributed by atoms with Crippen molar-refractivity contribution in [1.29, 1.82) is 0 Å². The number of ketones is 1. The van der Waals surface area contributed by atoms with E-state index < -0.39 is 5.97 Å². The molecule has 2 aromatic heterocycles. The summed E-state index contributed by atoms with van der Waals surface area (Å²) in [5.74, 6) is 1.65. The number of hydrogen-bond donors (Lipinski definition) is 1. The van der Waals surface area contributed by atoms with Gasteiger partial charge in [-0.2, -0.15) is 0 Å². The molecular weight excluding hydrogens is 580 g/mol. The van der Waals surface area contributed by atoms with Gasteiger partial charge < -0.3 is 28.7 Å². The molecule has 1 N–H and O–H groups in total. The molecule has 1 atom stereocenters. The number of hydrogen-bond acceptors (Lipinski definition) is 7. The number of aromatic nitrogens is 1. The van der Waals surface area contributed by atoms with Crippen LogP contribution in [-0.4, -0.2) is 56.2 Å². The lowest BCUT2D eigenvalue weighted by Gasteiger charge is -2.15. The molecule has 3 aromatic carbocycles. The first-order valence-electron chi connectivity index (χ1n) is 15.5. The van der Waals surface area contributed by atoms with Crippen molar-refractivity contribution in [2.75, 3.05) is 34.0 Å². The molecule has 0 aliphatic rings. The van der Waals surface area contributed by atoms with Crippen LogP contribution in [0.25, 0.3) is 16.6 Å². The lowest BCUT2D eigenvalue weighted by molar-refractivity contribution is 0.0526. The summed E-state index contributed by atoms with van der Waals surface area (Å²) in [6.45, 7) is 5.59. The monoisotopic (exact) mass is 620 g/mol. The Morgan fingerprint density at radius 1 is 0.848 bits per heavy atom. The van der Waals surface area contributed by atoms with E-state index in [0.717, 1.165) is 47.5 Å². The molecule has 0 amide bonds. The van der Waals surface area contributed by atoms with Gasteiger partial charge in [0.05, 0.1) is 33.0 Å². The minimum atomic E-state index is -0.393. The summed E-state index contributed by atoms with van der Waals surface area (Å²) in [4.78, 5) is 26.3. The first-order chi connectivity index (χ1) is 22.4. The van der Waals surface area contributed by atoms with E-state index in [4.69, 9.17) is 18.9 Å². The normalized spacial score (nSPS) is 11.7. The Kier molecular flexibility index (Phi) is 10.7. The van der Waals surface area contributed by atoms with Gasteiger partial charge in [0.15, 0.2) is 11.5 Å². The molecule has 0 fully saturated rings. The average Bonchev–Trinajstić information content (AvgIpc) is 3.47. The molecular formula is C38H40N2O6. The Balaban J connectivity index is 1.20. The van der Waals surface area contributed by atoms with Crippen LogP contribution < -0.4 is 19.5 Å². The highest BCUT2D eigenvalue weighted by Crippen LogP contribution is 2.31. The van der Waals surface area contributed by atoms with Crippen molar-refractivity contribution in [1.82, 2.24) is 9.72 Å². The smallest absolute Gasteiger partial charge is 0.338 e. The predicted molar refractivity (Wildman–Crippen MR) is 179 cm³/mol. The largest absolute Gasteiger partial charge is 0.494 e. The van der Waals surface area contributed by atoms with E-state index in [-0.39, 0.29) is 11.8 Å². The van der Waals surface area contributed by atoms with Crippen molar-refractivity contribution in [3.63, 3.8) is 0 Å². The first-order valence-corrected chi connectivity index (χ1v) is 15.5. The highest BCUT2D eigenvalue weighted by atomic mass is 16.5. The highest BCUT2D eigenvalue weighted by molar-refractivity contribution is 6.13. The van der Waals surface area contributed by atoms with Gasteiger partial charge in [0.2, 0.25) is 5.78 Å². The van der Waals surface area contributed by atoms with Crippen LogP contribution in [0.3, 0.4) is 0 Å². The summed E-state index contributed by atoms with van der Waals surface area (Å²) in [6, 6.07) is 28.7. The average molecular weight is 621 g/mol. The molecule has 8 heteroatoms. The van der Waals surface area contributed by atoms with Gasteiger partial charge >= 0.3 is 5.97 Å². The third-order valence-corrected chi connectivity index (χ3v) is 7.77. The van der Waals surface area contributed by atoms with Crippen molar-refractivity contribution in [2.24, 2.45) is 0 Å². The topological polar surface area (TPSA) is 87.5 Å². The maximum atomic E-state index is 13.9. The maximum Gasteiger partial charge on any atom is 0.338 e. The highest BCUT2D eigenvalue weighted by Gasteiger charge is 2.21. The lowest BCUT2D eigenvalue weighted by Crippen LogP contribution is -2.29. The Morgan fingerprint density at radius 2 is 1.61 bits per heavy atom. The number of benzene rings is 3. The van der Waals surface area contributed by atoms with Crippen LogP contribution in [0.5, 0.6) is 17.2 Å². The van der Waals surface area contributed by atoms with E-state index in [0.29, 0.717) is 35.8 Å². The molecule has 5 aromatic rings. The molecule has 0 spiro atoms. The number of ether oxygens (including phenoxy) is 4. The van der Waals surface area contributed by atoms with E-state index >= 15 is 0 Å². The summed E-state index contributed by atoms with van der Waals surface area (Å²) in [5, 5.41) is 3.55. The second-order valence-corrected chi connectivity index (χ2v) is 11.0. The molecule has 2 heterocycles. The third-order valence-electron chi connectivity index (χ3n) is 7.77. The molecule has 0 saturated carbocycles. The minimum absolute atomic E-state index is 0.123. The summed E-state index contributed by atoms with van der Waals surface area (Å²) in [6.07, 6.45) is 3.45. The van der Waals surface area contributed by atoms with Crippen LogP contribution in [0, 0.1) is 0 Å². The maximum absolute atomic E-state index is 13.9. The molecule has 0 saturated heterocycles. The molecule has 46 heavy (non-hydrogen) atoms. The molecule has 8 nitrogen and oxygen atoms in total. The van der Waals surface area contributed by atoms with Crippen LogP contribution in [0.2, 0.25) is 0 Å². The number of fused-ring (bicyclic) bond motifs is 1. The quantitative estimate of drug-likeness (QED) is 0.0765. The zero-order valence-corrected chi connectivity index (χ0v) is 26.7. The van der Waals surface area contributed by atoms with Crippen LogP contribution in [-0.2, 0) is 11.2 Å². The molecule has 5 rings (SSSR count). The molecule has 0 bridgehead atoms. The lowest BCUT2D eigenvalue weighted by atomic mass is 10.0. The van der Waals surface area contributed by atoms with Gasteiger partial charge in [0.25, 0.3) is 0 Å². The van der Waals surface area contributed by atoms with Gasteiger partial charge in [-0.3, -0.25) is 4.79 Å². The zero-order valence-electron chi connectivity index (χ0n) is 26.7. The van der Waals surface area contributed by atoms with Crippen molar-refractivity contribution >= 4 is 17.3 Å². The standard InChI is InChI=1S/C38H40N2O6/c1-5-45-38(42)30-18-20-40-31(24-30)25-33(28-10-7-6-8-11-28)36(40)37(41)29-13-15-32(16-14-29)46-21-9-19-39-26(2)22-27-12-17-34(43-3)35(23-27)44-4/h6-8,10-18,20,23-26,39H,5,9,19,21-22H2,1-4H3. The van der Waals surface area contributed by atoms with E-state index in [1.807, 2.05) is 65.1 Å². The van der Waals surface area contributed by atoms with Gasteiger partial charge in [-0.05, 0) is 99.0 Å². The molecule has 1 unspecified atom stereocenters.